The van der Waals surface area contributed by atoms with Crippen molar-refractivity contribution in [1.29, 1.82) is 0 Å². The fourth-order valence-corrected chi connectivity index (χ4v) is 1.49. The molecule has 0 spiro atoms. The van der Waals surface area contributed by atoms with Crippen LogP contribution >= 0.6 is 11.6 Å². The van der Waals surface area contributed by atoms with E-state index >= 15 is 0 Å². The minimum absolute atomic E-state index is 0.178. The summed E-state index contributed by atoms with van der Waals surface area (Å²) < 4.78 is 0. The minimum atomic E-state index is 0.178. The van der Waals surface area contributed by atoms with Gasteiger partial charge in [-0.15, -0.1) is 0 Å². The van der Waals surface area contributed by atoms with Crippen LogP contribution in [0.15, 0.2) is 18.3 Å². The number of hydrogen-bond donors (Lipinski definition) is 1. The van der Waals surface area contributed by atoms with E-state index < -0.39 is 0 Å². The lowest BCUT2D eigenvalue weighted by Gasteiger charge is -2.09. The Morgan fingerprint density at radius 1 is 1.62 bits per heavy atom. The first kappa shape index (κ1) is 10.5. The molecule has 0 amide bonds. The molecule has 72 valence electrons. The molecule has 0 aromatic carbocycles. The second-order valence-electron chi connectivity index (χ2n) is 3.18. The van der Waals surface area contributed by atoms with Gasteiger partial charge in [-0.05, 0) is 18.6 Å². The molecule has 2 nitrogen and oxygen atoms in total. The van der Waals surface area contributed by atoms with Crippen molar-refractivity contribution in [3.63, 3.8) is 0 Å². The molecule has 1 aromatic rings. The third kappa shape index (κ3) is 3.33. The zero-order valence-corrected chi connectivity index (χ0v) is 8.59. The number of nitrogens with two attached hydrogens (primary N) is 1. The van der Waals surface area contributed by atoms with Gasteiger partial charge in [0.1, 0.15) is 0 Å². The number of hydrogen-bond acceptors (Lipinski definition) is 2. The normalized spacial score (nSPS) is 12.8. The smallest absolute Gasteiger partial charge is 0.0622 e. The Kier molecular flexibility index (Phi) is 4.19. The Morgan fingerprint density at radius 3 is 3.00 bits per heavy atom. The summed E-state index contributed by atoms with van der Waals surface area (Å²) in [5.41, 5.74) is 6.79. The zero-order valence-electron chi connectivity index (χ0n) is 7.83. The van der Waals surface area contributed by atoms with Crippen molar-refractivity contribution < 1.29 is 0 Å². The molecule has 0 aliphatic heterocycles. The molecule has 0 radical (unpaired) electrons. The van der Waals surface area contributed by atoms with Crippen LogP contribution in [0.5, 0.6) is 0 Å². The molecule has 1 unspecified atom stereocenters. The van der Waals surface area contributed by atoms with E-state index in [1.165, 1.54) is 0 Å². The highest BCUT2D eigenvalue weighted by molar-refractivity contribution is 6.31. The summed E-state index contributed by atoms with van der Waals surface area (Å²) in [6.07, 6.45) is 4.64. The number of halogens is 1. The molecule has 0 aliphatic carbocycles. The van der Waals surface area contributed by atoms with E-state index in [4.69, 9.17) is 17.3 Å². The lowest BCUT2D eigenvalue weighted by molar-refractivity contribution is 0.593. The van der Waals surface area contributed by atoms with Gasteiger partial charge in [-0.2, -0.15) is 0 Å². The second-order valence-corrected chi connectivity index (χ2v) is 3.59. The van der Waals surface area contributed by atoms with E-state index in [1.807, 2.05) is 12.1 Å². The molecule has 1 rings (SSSR count). The molecule has 2 N–H and O–H groups in total. The van der Waals surface area contributed by atoms with Gasteiger partial charge in [-0.3, -0.25) is 4.98 Å². The van der Waals surface area contributed by atoms with Crippen LogP contribution in [0.3, 0.4) is 0 Å². The average Bonchev–Trinajstić information content (AvgIpc) is 2.09. The molecule has 3 heteroatoms. The van der Waals surface area contributed by atoms with Crippen LogP contribution in [-0.2, 0) is 6.42 Å². The summed E-state index contributed by atoms with van der Waals surface area (Å²) in [7, 11) is 0. The van der Waals surface area contributed by atoms with Crippen molar-refractivity contribution in [1.82, 2.24) is 4.98 Å². The Morgan fingerprint density at radius 2 is 2.38 bits per heavy atom. The molecular formula is C10H15ClN2. The van der Waals surface area contributed by atoms with Crippen molar-refractivity contribution in [2.45, 2.75) is 32.2 Å². The van der Waals surface area contributed by atoms with Crippen molar-refractivity contribution in [3.05, 3.63) is 29.0 Å². The highest BCUT2D eigenvalue weighted by Gasteiger charge is 2.06. The molecule has 1 atom stereocenters. The van der Waals surface area contributed by atoms with Gasteiger partial charge in [0.05, 0.1) is 10.7 Å². The Hall–Kier alpha value is -0.600. The van der Waals surface area contributed by atoms with Crippen molar-refractivity contribution >= 4 is 11.6 Å². The van der Waals surface area contributed by atoms with E-state index in [-0.39, 0.29) is 6.04 Å². The van der Waals surface area contributed by atoms with Crippen LogP contribution in [0.25, 0.3) is 0 Å². The van der Waals surface area contributed by atoms with Crippen LogP contribution < -0.4 is 5.73 Å². The first-order chi connectivity index (χ1) is 6.24. The van der Waals surface area contributed by atoms with Gasteiger partial charge in [0.25, 0.3) is 0 Å². The van der Waals surface area contributed by atoms with Crippen molar-refractivity contribution in [2.24, 2.45) is 5.73 Å². The van der Waals surface area contributed by atoms with Crippen molar-refractivity contribution in [2.75, 3.05) is 0 Å². The van der Waals surface area contributed by atoms with Gasteiger partial charge in [0.2, 0.25) is 0 Å². The molecule has 0 saturated carbocycles. The summed E-state index contributed by atoms with van der Waals surface area (Å²) in [4.78, 5) is 4.19. The van der Waals surface area contributed by atoms with Crippen LogP contribution in [0, 0.1) is 0 Å². The summed E-state index contributed by atoms with van der Waals surface area (Å²) in [6, 6.07) is 3.86. The number of rotatable bonds is 4. The van der Waals surface area contributed by atoms with Crippen LogP contribution in [0.4, 0.5) is 0 Å². The van der Waals surface area contributed by atoms with E-state index in [0.29, 0.717) is 5.02 Å². The molecule has 0 aliphatic rings. The third-order valence-corrected chi connectivity index (χ3v) is 2.29. The van der Waals surface area contributed by atoms with Gasteiger partial charge < -0.3 is 5.73 Å². The highest BCUT2D eigenvalue weighted by Crippen LogP contribution is 2.14. The molecule has 1 aromatic heterocycles. The van der Waals surface area contributed by atoms with Gasteiger partial charge >= 0.3 is 0 Å². The fraction of sp³-hybridized carbons (Fsp3) is 0.500. The topological polar surface area (TPSA) is 38.9 Å². The summed E-state index contributed by atoms with van der Waals surface area (Å²) >= 11 is 5.95. The maximum atomic E-state index is 5.95. The standard InChI is InChI=1S/C10H15ClN2/c1-2-4-8(12)7-10-9(11)5-3-6-13-10/h3,5-6,8H,2,4,7,12H2,1H3. The molecule has 0 bridgehead atoms. The van der Waals surface area contributed by atoms with Gasteiger partial charge in [0.15, 0.2) is 0 Å². The Labute approximate surface area is 84.1 Å². The Bertz CT molecular complexity index is 263. The average molecular weight is 199 g/mol. The van der Waals surface area contributed by atoms with Crippen molar-refractivity contribution in [3.8, 4) is 0 Å². The second kappa shape index (κ2) is 5.20. The fourth-order valence-electron chi connectivity index (χ4n) is 1.29. The molecular weight excluding hydrogens is 184 g/mol. The Balaban J connectivity index is 2.58. The zero-order chi connectivity index (χ0) is 9.68. The van der Waals surface area contributed by atoms with E-state index in [9.17, 15) is 0 Å². The van der Waals surface area contributed by atoms with Gasteiger partial charge in [-0.25, -0.2) is 0 Å². The summed E-state index contributed by atoms with van der Waals surface area (Å²) in [5.74, 6) is 0. The summed E-state index contributed by atoms with van der Waals surface area (Å²) in [6.45, 7) is 2.12. The third-order valence-electron chi connectivity index (χ3n) is 1.95. The lowest BCUT2D eigenvalue weighted by atomic mass is 10.1. The largest absolute Gasteiger partial charge is 0.327 e. The predicted molar refractivity (Wildman–Crippen MR) is 55.8 cm³/mol. The SMILES string of the molecule is CCCC(N)Cc1ncccc1Cl. The maximum absolute atomic E-state index is 5.95. The quantitative estimate of drug-likeness (QED) is 0.807. The van der Waals surface area contributed by atoms with E-state index in [2.05, 4.69) is 11.9 Å². The van der Waals surface area contributed by atoms with Crippen LogP contribution in [0.1, 0.15) is 25.5 Å². The number of aromatic nitrogens is 1. The summed E-state index contributed by atoms with van der Waals surface area (Å²) in [5, 5.41) is 0.717. The highest BCUT2D eigenvalue weighted by atomic mass is 35.5. The van der Waals surface area contributed by atoms with E-state index in [0.717, 1.165) is 25.0 Å². The number of pyridine rings is 1. The molecule has 1 heterocycles. The molecule has 13 heavy (non-hydrogen) atoms. The predicted octanol–water partition coefficient (Wildman–Crippen LogP) is 2.40. The van der Waals surface area contributed by atoms with Crippen LogP contribution in [0.2, 0.25) is 5.02 Å². The first-order valence-electron chi connectivity index (χ1n) is 4.59. The molecule has 0 fully saturated rings. The van der Waals surface area contributed by atoms with E-state index in [1.54, 1.807) is 6.20 Å². The monoisotopic (exact) mass is 198 g/mol. The van der Waals surface area contributed by atoms with Gasteiger partial charge in [0, 0.05) is 18.7 Å². The number of nitrogens with zero attached hydrogens (tertiary/aromatic N) is 1. The van der Waals surface area contributed by atoms with Crippen LogP contribution in [-0.4, -0.2) is 11.0 Å². The molecule has 0 saturated heterocycles. The maximum Gasteiger partial charge on any atom is 0.0622 e. The first-order valence-corrected chi connectivity index (χ1v) is 4.96. The lowest BCUT2D eigenvalue weighted by Crippen LogP contribution is -2.22. The minimum Gasteiger partial charge on any atom is -0.327 e. The van der Waals surface area contributed by atoms with Gasteiger partial charge in [-0.1, -0.05) is 24.9 Å².